The van der Waals surface area contributed by atoms with Crippen molar-refractivity contribution in [3.8, 4) is 0 Å². The van der Waals surface area contributed by atoms with Gasteiger partial charge in [0, 0.05) is 12.4 Å². The summed E-state index contributed by atoms with van der Waals surface area (Å²) in [6.07, 6.45) is 5.84. The second-order valence-corrected chi connectivity index (χ2v) is 6.92. The predicted octanol–water partition coefficient (Wildman–Crippen LogP) is 3.67. The number of hydrogen-bond donors (Lipinski definition) is 1. The van der Waals surface area contributed by atoms with E-state index in [1.165, 1.54) is 24.0 Å². The lowest BCUT2D eigenvalue weighted by Crippen LogP contribution is -2.15. The third-order valence-corrected chi connectivity index (χ3v) is 4.80. The highest BCUT2D eigenvalue weighted by Crippen LogP contribution is 2.40. The molecule has 118 valence electrons. The van der Waals surface area contributed by atoms with Crippen molar-refractivity contribution in [1.82, 2.24) is 0 Å². The molecule has 1 fully saturated rings. The van der Waals surface area contributed by atoms with Crippen LogP contribution in [0.15, 0.2) is 34.5 Å². The maximum absolute atomic E-state index is 5.79. The van der Waals surface area contributed by atoms with Gasteiger partial charge in [0.1, 0.15) is 0 Å². The van der Waals surface area contributed by atoms with Crippen LogP contribution in [0.4, 0.5) is 0 Å². The first-order valence-corrected chi connectivity index (χ1v) is 8.98. The maximum Gasteiger partial charge on any atom is 0.180 e. The molecule has 0 bridgehead atoms. The van der Waals surface area contributed by atoms with Crippen molar-refractivity contribution in [1.29, 1.82) is 0 Å². The molecular formula is C17H23N3OS. The predicted molar refractivity (Wildman–Crippen MR) is 93.4 cm³/mol. The number of rotatable bonds is 8. The van der Waals surface area contributed by atoms with Crippen LogP contribution in [0.25, 0.3) is 0 Å². The summed E-state index contributed by atoms with van der Waals surface area (Å²) in [5.41, 5.74) is 9.48. The van der Waals surface area contributed by atoms with Crippen molar-refractivity contribution < 1.29 is 4.74 Å². The normalized spacial score (nSPS) is 18.0. The van der Waals surface area contributed by atoms with Crippen molar-refractivity contribution in [3.05, 3.63) is 35.4 Å². The van der Waals surface area contributed by atoms with Gasteiger partial charge in [-0.1, -0.05) is 36.0 Å². The summed E-state index contributed by atoms with van der Waals surface area (Å²) in [5, 5.41) is 8.60. The van der Waals surface area contributed by atoms with Crippen molar-refractivity contribution >= 4 is 22.6 Å². The molecule has 1 aliphatic heterocycles. The van der Waals surface area contributed by atoms with Crippen molar-refractivity contribution in [3.63, 3.8) is 0 Å². The van der Waals surface area contributed by atoms with Crippen LogP contribution in [0.3, 0.4) is 0 Å². The fraction of sp³-hybridized carbons (Fsp3) is 0.529. The summed E-state index contributed by atoms with van der Waals surface area (Å²) < 4.78 is 5.79. The molecule has 1 aromatic carbocycles. The lowest BCUT2D eigenvalue weighted by atomic mass is 10.1. The number of thioether (sulfide) groups is 1. The number of nitrogens with zero attached hydrogens (tertiary/aromatic N) is 2. The largest absolute Gasteiger partial charge is 0.377 e. The van der Waals surface area contributed by atoms with Crippen LogP contribution >= 0.6 is 11.8 Å². The molecule has 3 rings (SSSR count). The minimum absolute atomic E-state index is 0.570. The number of nitrogens with two attached hydrogens (primary N) is 1. The Morgan fingerprint density at radius 2 is 2.14 bits per heavy atom. The fourth-order valence-corrected chi connectivity index (χ4v) is 3.15. The first kappa shape index (κ1) is 15.6. The molecule has 0 atom stereocenters. The third-order valence-electron chi connectivity index (χ3n) is 3.95. The van der Waals surface area contributed by atoms with E-state index in [4.69, 9.17) is 10.5 Å². The van der Waals surface area contributed by atoms with E-state index in [1.807, 2.05) is 0 Å². The SMILES string of the molecule is NC1=NN=C(CCCCOCc2cccc(C3CC3)c2)CS1. The van der Waals surface area contributed by atoms with Crippen molar-refractivity contribution in [2.75, 3.05) is 12.4 Å². The first-order chi connectivity index (χ1) is 10.8. The average Bonchev–Trinajstić information content (AvgIpc) is 3.38. The van der Waals surface area contributed by atoms with Gasteiger partial charge in [-0.25, -0.2) is 0 Å². The molecule has 1 heterocycles. The molecule has 0 radical (unpaired) electrons. The molecule has 0 spiro atoms. The third kappa shape index (κ3) is 4.85. The van der Waals surface area contributed by atoms with E-state index in [0.29, 0.717) is 5.17 Å². The highest BCUT2D eigenvalue weighted by atomic mass is 32.2. The lowest BCUT2D eigenvalue weighted by molar-refractivity contribution is 0.117. The fourth-order valence-electron chi connectivity index (χ4n) is 2.53. The Bertz CT molecular complexity index is 567. The van der Waals surface area contributed by atoms with Gasteiger partial charge in [-0.3, -0.25) is 0 Å². The molecule has 5 heteroatoms. The van der Waals surface area contributed by atoms with E-state index in [1.54, 1.807) is 11.8 Å². The molecule has 1 aromatic rings. The second-order valence-electron chi connectivity index (χ2n) is 5.92. The Hall–Kier alpha value is -1.33. The first-order valence-electron chi connectivity index (χ1n) is 7.99. The topological polar surface area (TPSA) is 60.0 Å². The van der Waals surface area contributed by atoms with E-state index < -0.39 is 0 Å². The van der Waals surface area contributed by atoms with Crippen LogP contribution in [0.1, 0.15) is 49.1 Å². The maximum atomic E-state index is 5.79. The van der Waals surface area contributed by atoms with Crippen LogP contribution in [-0.2, 0) is 11.3 Å². The molecule has 0 aromatic heterocycles. The second kappa shape index (κ2) is 7.79. The van der Waals surface area contributed by atoms with E-state index in [0.717, 1.165) is 49.9 Å². The zero-order chi connectivity index (χ0) is 15.2. The quantitative estimate of drug-likeness (QED) is 0.744. The van der Waals surface area contributed by atoms with Gasteiger partial charge in [0.15, 0.2) is 5.17 Å². The lowest BCUT2D eigenvalue weighted by Gasteiger charge is -2.09. The van der Waals surface area contributed by atoms with Gasteiger partial charge in [0.05, 0.1) is 12.3 Å². The summed E-state index contributed by atoms with van der Waals surface area (Å²) in [7, 11) is 0. The van der Waals surface area contributed by atoms with Crippen LogP contribution in [0, 0.1) is 0 Å². The van der Waals surface area contributed by atoms with Gasteiger partial charge in [-0.2, -0.15) is 5.10 Å². The molecular weight excluding hydrogens is 294 g/mol. The number of unbranched alkanes of at least 4 members (excludes halogenated alkanes) is 1. The number of ether oxygens (including phenoxy) is 1. The number of amidine groups is 1. The van der Waals surface area contributed by atoms with Gasteiger partial charge in [0.25, 0.3) is 0 Å². The highest BCUT2D eigenvalue weighted by Gasteiger charge is 2.23. The molecule has 2 aliphatic rings. The van der Waals surface area contributed by atoms with Crippen LogP contribution < -0.4 is 5.73 Å². The Kier molecular flexibility index (Phi) is 5.51. The Morgan fingerprint density at radius 3 is 2.91 bits per heavy atom. The minimum atomic E-state index is 0.570. The standard InChI is InChI=1S/C17H23N3OS/c18-17-20-19-16(12-22-17)6-1-2-9-21-11-13-4-3-5-15(10-13)14-7-8-14/h3-5,10,14H,1-2,6-9,11-12H2,(H2,18,20). The van der Waals surface area contributed by atoms with Crippen LogP contribution in [0.5, 0.6) is 0 Å². The van der Waals surface area contributed by atoms with Gasteiger partial charge in [0.2, 0.25) is 0 Å². The van der Waals surface area contributed by atoms with Gasteiger partial charge in [-0.15, -0.1) is 5.10 Å². The smallest absolute Gasteiger partial charge is 0.180 e. The summed E-state index contributed by atoms with van der Waals surface area (Å²) in [4.78, 5) is 0. The van der Waals surface area contributed by atoms with E-state index in [-0.39, 0.29) is 0 Å². The monoisotopic (exact) mass is 317 g/mol. The van der Waals surface area contributed by atoms with Crippen molar-refractivity contribution in [2.24, 2.45) is 15.9 Å². The van der Waals surface area contributed by atoms with E-state index in [9.17, 15) is 0 Å². The van der Waals surface area contributed by atoms with Gasteiger partial charge < -0.3 is 10.5 Å². The van der Waals surface area contributed by atoms with E-state index >= 15 is 0 Å². The molecule has 4 nitrogen and oxygen atoms in total. The Labute approximate surface area is 136 Å². The Balaban J connectivity index is 1.30. The molecule has 2 N–H and O–H groups in total. The van der Waals surface area contributed by atoms with Crippen LogP contribution in [-0.4, -0.2) is 23.2 Å². The number of hydrogen-bond acceptors (Lipinski definition) is 5. The van der Waals surface area contributed by atoms with Crippen molar-refractivity contribution in [2.45, 2.75) is 44.6 Å². The van der Waals surface area contributed by atoms with Crippen LogP contribution in [0.2, 0.25) is 0 Å². The molecule has 0 unspecified atom stereocenters. The van der Waals surface area contributed by atoms with E-state index in [2.05, 4.69) is 34.5 Å². The van der Waals surface area contributed by atoms with Gasteiger partial charge >= 0.3 is 0 Å². The highest BCUT2D eigenvalue weighted by molar-refractivity contribution is 8.14. The summed E-state index contributed by atoms with van der Waals surface area (Å²) in [6, 6.07) is 8.84. The summed E-state index contributed by atoms with van der Waals surface area (Å²) in [5.74, 6) is 1.69. The molecule has 22 heavy (non-hydrogen) atoms. The average molecular weight is 317 g/mol. The zero-order valence-corrected chi connectivity index (χ0v) is 13.6. The Morgan fingerprint density at radius 1 is 1.23 bits per heavy atom. The molecule has 1 aliphatic carbocycles. The molecule has 0 saturated heterocycles. The minimum Gasteiger partial charge on any atom is -0.377 e. The summed E-state index contributed by atoms with van der Waals surface area (Å²) in [6.45, 7) is 1.53. The molecule has 1 saturated carbocycles. The number of benzene rings is 1. The molecule has 0 amide bonds. The zero-order valence-electron chi connectivity index (χ0n) is 12.8. The summed E-state index contributed by atoms with van der Waals surface area (Å²) >= 11 is 1.57. The van der Waals surface area contributed by atoms with Gasteiger partial charge in [-0.05, 0) is 49.1 Å².